The van der Waals surface area contributed by atoms with Gasteiger partial charge in [-0.15, -0.1) is 0 Å². The molecule has 0 unspecified atom stereocenters. The topological polar surface area (TPSA) is 32.3 Å². The number of carbonyl (C=O) groups is 1. The number of hydrogen-bond acceptors (Lipinski definition) is 2. The second-order valence-electron chi connectivity index (χ2n) is 5.42. The monoisotopic (exact) mass is 268 g/mol. The van der Waals surface area contributed by atoms with Crippen molar-refractivity contribution in [2.24, 2.45) is 0 Å². The minimum Gasteiger partial charge on any atom is -0.335 e. The maximum Gasteiger partial charge on any atom is 0.227 e. The first-order chi connectivity index (χ1) is 8.92. The number of halogens is 2. The fourth-order valence-corrected chi connectivity index (χ4v) is 2.39. The molecule has 2 rings (SSSR count). The first-order valence-corrected chi connectivity index (χ1v) is 6.36. The van der Waals surface area contributed by atoms with Crippen LogP contribution in [-0.4, -0.2) is 36.0 Å². The Balaban J connectivity index is 2.14. The number of amides is 1. The number of piperazine rings is 1. The van der Waals surface area contributed by atoms with Crippen molar-refractivity contribution in [2.75, 3.05) is 19.6 Å². The number of nitrogens with one attached hydrogen (secondary N) is 1. The third-order valence-corrected chi connectivity index (χ3v) is 3.47. The van der Waals surface area contributed by atoms with Gasteiger partial charge < -0.3 is 10.2 Å². The lowest BCUT2D eigenvalue weighted by Crippen LogP contribution is -2.60. The number of nitrogens with zero attached hydrogens (tertiary/aromatic N) is 1. The molecule has 0 radical (unpaired) electrons. The predicted octanol–water partition coefficient (Wildman–Crippen LogP) is 1.72. The molecule has 3 nitrogen and oxygen atoms in total. The summed E-state index contributed by atoms with van der Waals surface area (Å²) < 4.78 is 26.7. The highest BCUT2D eigenvalue weighted by Crippen LogP contribution is 2.19. The Hall–Kier alpha value is -1.49. The Morgan fingerprint density at radius 1 is 1.42 bits per heavy atom. The third kappa shape index (κ3) is 2.92. The molecule has 0 bridgehead atoms. The summed E-state index contributed by atoms with van der Waals surface area (Å²) in [7, 11) is 0. The van der Waals surface area contributed by atoms with Crippen LogP contribution in [0.5, 0.6) is 0 Å². The zero-order valence-corrected chi connectivity index (χ0v) is 11.2. The van der Waals surface area contributed by atoms with Gasteiger partial charge >= 0.3 is 0 Å². The number of benzene rings is 1. The molecule has 0 saturated carbocycles. The third-order valence-electron chi connectivity index (χ3n) is 3.47. The van der Waals surface area contributed by atoms with E-state index in [0.717, 1.165) is 12.6 Å². The Morgan fingerprint density at radius 3 is 2.84 bits per heavy atom. The lowest BCUT2D eigenvalue weighted by atomic mass is 9.98. The molecule has 1 aliphatic rings. The van der Waals surface area contributed by atoms with E-state index >= 15 is 0 Å². The van der Waals surface area contributed by atoms with Crippen LogP contribution in [0.3, 0.4) is 0 Å². The normalized spacial score (nSPS) is 18.4. The van der Waals surface area contributed by atoms with Crippen LogP contribution < -0.4 is 5.32 Å². The van der Waals surface area contributed by atoms with Crippen LogP contribution in [-0.2, 0) is 11.2 Å². The fraction of sp³-hybridized carbons (Fsp3) is 0.500. The van der Waals surface area contributed by atoms with Gasteiger partial charge in [0.05, 0.1) is 6.42 Å². The quantitative estimate of drug-likeness (QED) is 0.885. The molecule has 1 heterocycles. The van der Waals surface area contributed by atoms with Crippen molar-refractivity contribution in [1.82, 2.24) is 10.2 Å². The number of rotatable bonds is 2. The average molecular weight is 268 g/mol. The smallest absolute Gasteiger partial charge is 0.227 e. The van der Waals surface area contributed by atoms with Crippen LogP contribution in [0.15, 0.2) is 18.2 Å². The molecule has 1 aromatic carbocycles. The van der Waals surface area contributed by atoms with Crippen molar-refractivity contribution in [3.8, 4) is 0 Å². The summed E-state index contributed by atoms with van der Waals surface area (Å²) in [5, 5.41) is 3.22. The van der Waals surface area contributed by atoms with E-state index < -0.39 is 11.6 Å². The molecule has 0 aliphatic carbocycles. The summed E-state index contributed by atoms with van der Waals surface area (Å²) in [6, 6.07) is 3.92. The van der Waals surface area contributed by atoms with E-state index in [-0.39, 0.29) is 23.4 Å². The van der Waals surface area contributed by atoms with Crippen LogP contribution in [0.1, 0.15) is 19.4 Å². The van der Waals surface area contributed by atoms with Crippen molar-refractivity contribution in [3.05, 3.63) is 35.4 Å². The van der Waals surface area contributed by atoms with Crippen LogP contribution >= 0.6 is 0 Å². The Kier molecular flexibility index (Phi) is 3.85. The van der Waals surface area contributed by atoms with Gasteiger partial charge in [0, 0.05) is 30.7 Å². The summed E-state index contributed by atoms with van der Waals surface area (Å²) >= 11 is 0. The first-order valence-electron chi connectivity index (χ1n) is 6.36. The molecule has 1 fully saturated rings. The summed E-state index contributed by atoms with van der Waals surface area (Å²) in [6.45, 7) is 5.92. The fourth-order valence-electron chi connectivity index (χ4n) is 2.39. The van der Waals surface area contributed by atoms with E-state index in [1.54, 1.807) is 4.90 Å². The lowest BCUT2D eigenvalue weighted by molar-refractivity contribution is -0.136. The van der Waals surface area contributed by atoms with Gasteiger partial charge in [-0.25, -0.2) is 8.78 Å². The van der Waals surface area contributed by atoms with Gasteiger partial charge in [-0.05, 0) is 19.9 Å². The van der Waals surface area contributed by atoms with Gasteiger partial charge in [0.1, 0.15) is 0 Å². The molecule has 19 heavy (non-hydrogen) atoms. The molecule has 1 amide bonds. The Morgan fingerprint density at radius 2 is 2.16 bits per heavy atom. The summed E-state index contributed by atoms with van der Waals surface area (Å²) in [4.78, 5) is 14.0. The van der Waals surface area contributed by atoms with Crippen LogP contribution in [0, 0.1) is 11.6 Å². The maximum atomic E-state index is 13.6. The molecular weight excluding hydrogens is 250 g/mol. The number of hydrogen-bond donors (Lipinski definition) is 1. The zero-order chi connectivity index (χ0) is 14.0. The van der Waals surface area contributed by atoms with Gasteiger partial charge in [0.2, 0.25) is 5.91 Å². The van der Waals surface area contributed by atoms with Gasteiger partial charge in [-0.3, -0.25) is 4.79 Å². The van der Waals surface area contributed by atoms with E-state index in [4.69, 9.17) is 0 Å². The van der Waals surface area contributed by atoms with Gasteiger partial charge in [0.25, 0.3) is 0 Å². The highest BCUT2D eigenvalue weighted by Gasteiger charge is 2.33. The van der Waals surface area contributed by atoms with E-state index in [9.17, 15) is 13.6 Å². The summed E-state index contributed by atoms with van der Waals surface area (Å²) in [5.74, 6) is -2.01. The molecule has 1 saturated heterocycles. The van der Waals surface area contributed by atoms with Crippen molar-refractivity contribution < 1.29 is 13.6 Å². The van der Waals surface area contributed by atoms with E-state index in [2.05, 4.69) is 5.32 Å². The molecule has 1 aromatic rings. The highest BCUT2D eigenvalue weighted by atomic mass is 19.2. The lowest BCUT2D eigenvalue weighted by Gasteiger charge is -2.43. The van der Waals surface area contributed by atoms with Gasteiger partial charge in [0.15, 0.2) is 11.6 Å². The largest absolute Gasteiger partial charge is 0.335 e. The molecule has 1 aliphatic heterocycles. The standard InChI is InChI=1S/C14H18F2N2O/c1-14(2)9-17-6-7-18(14)12(19)8-10-4-3-5-11(15)13(10)16/h3-5,17H,6-9H2,1-2H3. The minimum atomic E-state index is -0.927. The van der Waals surface area contributed by atoms with Crippen LogP contribution in [0.4, 0.5) is 8.78 Å². The summed E-state index contributed by atoms with van der Waals surface area (Å²) in [6.07, 6.45) is -0.104. The zero-order valence-electron chi connectivity index (χ0n) is 11.2. The Bertz CT molecular complexity index is 488. The van der Waals surface area contributed by atoms with E-state index in [0.29, 0.717) is 13.1 Å². The molecular formula is C14H18F2N2O. The minimum absolute atomic E-state index is 0.104. The molecule has 104 valence electrons. The number of carbonyl (C=O) groups excluding carboxylic acids is 1. The molecule has 5 heteroatoms. The first kappa shape index (κ1) is 13.9. The Labute approximate surface area is 111 Å². The van der Waals surface area contributed by atoms with Crippen LogP contribution in [0.2, 0.25) is 0 Å². The van der Waals surface area contributed by atoms with Crippen LogP contribution in [0.25, 0.3) is 0 Å². The second kappa shape index (κ2) is 5.25. The molecule has 0 spiro atoms. The molecule has 1 N–H and O–H groups in total. The highest BCUT2D eigenvalue weighted by molar-refractivity contribution is 5.79. The molecule has 0 atom stereocenters. The van der Waals surface area contributed by atoms with E-state index in [1.165, 1.54) is 12.1 Å². The van der Waals surface area contributed by atoms with Gasteiger partial charge in [-0.2, -0.15) is 0 Å². The van der Waals surface area contributed by atoms with Gasteiger partial charge in [-0.1, -0.05) is 12.1 Å². The second-order valence-corrected chi connectivity index (χ2v) is 5.42. The van der Waals surface area contributed by atoms with Crippen molar-refractivity contribution in [3.63, 3.8) is 0 Å². The van der Waals surface area contributed by atoms with E-state index in [1.807, 2.05) is 13.8 Å². The molecule has 0 aromatic heterocycles. The van der Waals surface area contributed by atoms with Crippen molar-refractivity contribution in [2.45, 2.75) is 25.8 Å². The van der Waals surface area contributed by atoms with Crippen molar-refractivity contribution in [1.29, 1.82) is 0 Å². The SMILES string of the molecule is CC1(C)CNCCN1C(=O)Cc1cccc(F)c1F. The van der Waals surface area contributed by atoms with Crippen molar-refractivity contribution >= 4 is 5.91 Å². The average Bonchev–Trinajstić information content (AvgIpc) is 2.34. The predicted molar refractivity (Wildman–Crippen MR) is 68.7 cm³/mol. The summed E-state index contributed by atoms with van der Waals surface area (Å²) in [5.41, 5.74) is -0.196. The maximum absolute atomic E-state index is 13.6.